The number of hydrogen-bond donors (Lipinski definition) is 1. The van der Waals surface area contributed by atoms with Gasteiger partial charge in [-0.2, -0.15) is 5.10 Å². The minimum absolute atomic E-state index is 0.163. The van der Waals surface area contributed by atoms with Crippen molar-refractivity contribution in [2.75, 3.05) is 0 Å². The molecule has 1 heterocycles. The molecule has 0 atom stereocenters. The SMILES string of the molecule is O=C(N/N=C/c1ccc(-c2ccc(Cl)cc2[N+](=O)[O-])o1)c1ccc(Br)cc1. The van der Waals surface area contributed by atoms with Gasteiger partial charge in [-0.05, 0) is 48.5 Å². The average Bonchev–Trinajstić information content (AvgIpc) is 3.10. The average molecular weight is 449 g/mol. The van der Waals surface area contributed by atoms with Gasteiger partial charge in [-0.25, -0.2) is 5.43 Å². The topological polar surface area (TPSA) is 97.7 Å². The van der Waals surface area contributed by atoms with E-state index in [1.807, 2.05) is 0 Å². The molecule has 27 heavy (non-hydrogen) atoms. The number of nitro benzene ring substituents is 1. The first-order chi connectivity index (χ1) is 12.9. The molecule has 3 rings (SSSR count). The van der Waals surface area contributed by atoms with Crippen molar-refractivity contribution in [1.82, 2.24) is 5.43 Å². The zero-order valence-electron chi connectivity index (χ0n) is 13.6. The number of carbonyl (C=O) groups is 1. The lowest BCUT2D eigenvalue weighted by Gasteiger charge is -2.00. The molecule has 0 aliphatic carbocycles. The largest absolute Gasteiger partial charge is 0.455 e. The van der Waals surface area contributed by atoms with Crippen molar-refractivity contribution in [2.45, 2.75) is 0 Å². The Kier molecular flexibility index (Phi) is 5.68. The van der Waals surface area contributed by atoms with E-state index in [2.05, 4.69) is 26.5 Å². The van der Waals surface area contributed by atoms with Crippen molar-refractivity contribution in [3.8, 4) is 11.3 Å². The highest BCUT2D eigenvalue weighted by molar-refractivity contribution is 9.10. The summed E-state index contributed by atoms with van der Waals surface area (Å²) in [6.45, 7) is 0. The third kappa shape index (κ3) is 4.60. The second kappa shape index (κ2) is 8.15. The van der Waals surface area contributed by atoms with E-state index >= 15 is 0 Å². The Morgan fingerprint density at radius 1 is 1.19 bits per heavy atom. The van der Waals surface area contributed by atoms with Crippen LogP contribution in [0.5, 0.6) is 0 Å². The van der Waals surface area contributed by atoms with E-state index in [-0.39, 0.29) is 16.6 Å². The third-order valence-corrected chi connectivity index (χ3v) is 4.28. The highest BCUT2D eigenvalue weighted by Crippen LogP contribution is 2.33. The van der Waals surface area contributed by atoms with Gasteiger partial charge in [0.25, 0.3) is 11.6 Å². The minimum Gasteiger partial charge on any atom is -0.455 e. The number of furan rings is 1. The maximum atomic E-state index is 12.0. The molecule has 0 saturated carbocycles. The van der Waals surface area contributed by atoms with Crippen LogP contribution in [0, 0.1) is 10.1 Å². The molecule has 1 aromatic heterocycles. The molecule has 0 unspecified atom stereocenters. The highest BCUT2D eigenvalue weighted by atomic mass is 79.9. The third-order valence-electron chi connectivity index (χ3n) is 3.51. The normalized spacial score (nSPS) is 10.9. The molecule has 1 N–H and O–H groups in total. The van der Waals surface area contributed by atoms with Crippen molar-refractivity contribution in [2.24, 2.45) is 5.10 Å². The number of hydrogen-bond acceptors (Lipinski definition) is 5. The predicted molar refractivity (Wildman–Crippen MR) is 105 cm³/mol. The Labute approximate surface area is 166 Å². The number of nitrogens with one attached hydrogen (secondary N) is 1. The maximum Gasteiger partial charge on any atom is 0.281 e. The van der Waals surface area contributed by atoms with Crippen LogP contribution < -0.4 is 5.43 Å². The minimum atomic E-state index is -0.532. The molecule has 2 aromatic carbocycles. The molecular formula is C18H11BrClN3O4. The number of carbonyl (C=O) groups excluding carboxylic acids is 1. The predicted octanol–water partition coefficient (Wildman–Crippen LogP) is 5.03. The van der Waals surface area contributed by atoms with E-state index in [4.69, 9.17) is 16.0 Å². The van der Waals surface area contributed by atoms with E-state index in [0.29, 0.717) is 22.6 Å². The summed E-state index contributed by atoms with van der Waals surface area (Å²) in [5.74, 6) is 0.239. The number of halogens is 2. The van der Waals surface area contributed by atoms with E-state index in [9.17, 15) is 14.9 Å². The van der Waals surface area contributed by atoms with E-state index in [1.165, 1.54) is 18.3 Å². The monoisotopic (exact) mass is 447 g/mol. The Balaban J connectivity index is 1.73. The molecular weight excluding hydrogens is 438 g/mol. The summed E-state index contributed by atoms with van der Waals surface area (Å²) >= 11 is 9.11. The molecule has 1 amide bonds. The quantitative estimate of drug-likeness (QED) is 0.336. The van der Waals surface area contributed by atoms with Crippen LogP contribution in [-0.4, -0.2) is 17.0 Å². The molecule has 0 spiro atoms. The van der Waals surface area contributed by atoms with Crippen molar-refractivity contribution >= 4 is 45.3 Å². The van der Waals surface area contributed by atoms with Crippen molar-refractivity contribution in [3.05, 3.63) is 85.5 Å². The molecule has 0 aliphatic heterocycles. The summed E-state index contributed by atoms with van der Waals surface area (Å²) in [4.78, 5) is 22.6. The molecule has 0 aliphatic rings. The van der Waals surface area contributed by atoms with Crippen molar-refractivity contribution in [1.29, 1.82) is 0 Å². The molecule has 3 aromatic rings. The zero-order valence-corrected chi connectivity index (χ0v) is 15.9. The first-order valence-electron chi connectivity index (χ1n) is 7.57. The molecule has 0 bridgehead atoms. The van der Waals surface area contributed by atoms with Gasteiger partial charge in [0.2, 0.25) is 0 Å². The van der Waals surface area contributed by atoms with E-state index in [0.717, 1.165) is 4.47 Å². The summed E-state index contributed by atoms with van der Waals surface area (Å²) in [6.07, 6.45) is 1.31. The summed E-state index contributed by atoms with van der Waals surface area (Å²) in [5.41, 5.74) is 2.97. The first-order valence-corrected chi connectivity index (χ1v) is 8.74. The molecule has 136 valence electrons. The lowest BCUT2D eigenvalue weighted by atomic mass is 10.1. The number of nitrogens with zero attached hydrogens (tertiary/aromatic N) is 2. The maximum absolute atomic E-state index is 12.0. The Morgan fingerprint density at radius 2 is 1.93 bits per heavy atom. The van der Waals surface area contributed by atoms with Crippen LogP contribution in [-0.2, 0) is 0 Å². The first kappa shape index (κ1) is 18.8. The van der Waals surface area contributed by atoms with Crippen LogP contribution in [0.2, 0.25) is 5.02 Å². The lowest BCUT2D eigenvalue weighted by Crippen LogP contribution is -2.17. The standard InChI is InChI=1S/C18H11BrClN3O4/c19-12-3-1-11(2-4-12)18(24)22-21-10-14-6-8-17(27-14)15-7-5-13(20)9-16(15)23(25)26/h1-10H,(H,22,24)/b21-10+. The number of nitro groups is 1. The Morgan fingerprint density at radius 3 is 2.63 bits per heavy atom. The zero-order chi connectivity index (χ0) is 19.4. The van der Waals surface area contributed by atoms with Gasteiger partial charge in [-0.15, -0.1) is 0 Å². The number of benzene rings is 2. The fourth-order valence-electron chi connectivity index (χ4n) is 2.25. The molecule has 0 saturated heterocycles. The molecule has 0 fully saturated rings. The second-order valence-corrected chi connectivity index (χ2v) is 6.68. The number of hydrazone groups is 1. The van der Waals surface area contributed by atoms with Gasteiger partial charge in [0.15, 0.2) is 0 Å². The summed E-state index contributed by atoms with van der Waals surface area (Å²) in [6, 6.07) is 14.3. The smallest absolute Gasteiger partial charge is 0.281 e. The van der Waals surface area contributed by atoms with Gasteiger partial charge >= 0.3 is 0 Å². The van der Waals surface area contributed by atoms with Crippen LogP contribution in [0.25, 0.3) is 11.3 Å². The molecule has 0 radical (unpaired) electrons. The Hall–Kier alpha value is -2.97. The van der Waals surface area contributed by atoms with Crippen LogP contribution in [0.3, 0.4) is 0 Å². The van der Waals surface area contributed by atoms with Crippen LogP contribution in [0.4, 0.5) is 5.69 Å². The molecule has 7 nitrogen and oxygen atoms in total. The van der Waals surface area contributed by atoms with Crippen LogP contribution >= 0.6 is 27.5 Å². The number of amides is 1. The van der Waals surface area contributed by atoms with Gasteiger partial charge in [0.1, 0.15) is 11.5 Å². The fourth-order valence-corrected chi connectivity index (χ4v) is 2.68. The fraction of sp³-hybridized carbons (Fsp3) is 0. The highest BCUT2D eigenvalue weighted by Gasteiger charge is 2.18. The van der Waals surface area contributed by atoms with E-state index < -0.39 is 4.92 Å². The van der Waals surface area contributed by atoms with Crippen LogP contribution in [0.1, 0.15) is 16.1 Å². The molecule has 9 heteroatoms. The van der Waals surface area contributed by atoms with Gasteiger partial charge in [0.05, 0.1) is 16.7 Å². The lowest BCUT2D eigenvalue weighted by molar-refractivity contribution is -0.384. The summed E-state index contributed by atoms with van der Waals surface area (Å²) < 4.78 is 6.41. The van der Waals surface area contributed by atoms with Gasteiger partial charge in [0, 0.05) is 21.1 Å². The second-order valence-electron chi connectivity index (χ2n) is 5.33. The van der Waals surface area contributed by atoms with Gasteiger partial charge in [-0.1, -0.05) is 27.5 Å². The van der Waals surface area contributed by atoms with Crippen LogP contribution in [0.15, 0.2) is 68.6 Å². The van der Waals surface area contributed by atoms with Gasteiger partial charge in [-0.3, -0.25) is 14.9 Å². The van der Waals surface area contributed by atoms with Crippen molar-refractivity contribution in [3.63, 3.8) is 0 Å². The van der Waals surface area contributed by atoms with E-state index in [1.54, 1.807) is 42.5 Å². The Bertz CT molecular complexity index is 1030. The number of rotatable bonds is 5. The van der Waals surface area contributed by atoms with Gasteiger partial charge < -0.3 is 4.42 Å². The summed E-state index contributed by atoms with van der Waals surface area (Å²) in [5, 5.41) is 15.3. The summed E-state index contributed by atoms with van der Waals surface area (Å²) in [7, 11) is 0. The van der Waals surface area contributed by atoms with Crippen molar-refractivity contribution < 1.29 is 14.1 Å².